The molecule has 1 spiro atoms. The van der Waals surface area contributed by atoms with Crippen molar-refractivity contribution in [1.82, 2.24) is 9.80 Å². The number of likely N-dealkylation sites (tertiary alicyclic amines) is 1. The Morgan fingerprint density at radius 2 is 2.00 bits per heavy atom. The van der Waals surface area contributed by atoms with Gasteiger partial charge in [0, 0.05) is 29.3 Å². The molecule has 0 radical (unpaired) electrons. The first-order valence-electron chi connectivity index (χ1n) is 13.0. The predicted octanol–water partition coefficient (Wildman–Crippen LogP) is 3.12. The zero-order chi connectivity index (χ0) is 23.7. The lowest BCUT2D eigenvalue weighted by Crippen LogP contribution is -2.78. The first-order chi connectivity index (χ1) is 16.9. The second-order valence-electron chi connectivity index (χ2n) is 11.6. The number of aromatic hydroxyl groups is 1. The minimum Gasteiger partial charge on any atom is -0.504 e. The van der Waals surface area contributed by atoms with Crippen LogP contribution < -0.4 is 4.74 Å². The number of carbonyl (C=O) groups is 1. The molecule has 1 amide bonds. The maximum Gasteiger partial charge on any atom is 0.254 e. The summed E-state index contributed by atoms with van der Waals surface area (Å²) in [6.45, 7) is 2.11. The van der Waals surface area contributed by atoms with E-state index in [1.54, 1.807) is 23.1 Å². The summed E-state index contributed by atoms with van der Waals surface area (Å²) in [4.78, 5) is 17.7. The molecule has 3 aliphatic carbocycles. The Morgan fingerprint density at radius 1 is 1.14 bits per heavy atom. The predicted molar refractivity (Wildman–Crippen MR) is 125 cm³/mol. The Morgan fingerprint density at radius 3 is 2.80 bits per heavy atom. The Kier molecular flexibility index (Phi) is 3.85. The van der Waals surface area contributed by atoms with E-state index < -0.39 is 17.1 Å². The number of ether oxygens (including phenoxy) is 1. The number of phenols is 1. The van der Waals surface area contributed by atoms with Gasteiger partial charge >= 0.3 is 0 Å². The smallest absolute Gasteiger partial charge is 0.254 e. The first kappa shape index (κ1) is 20.5. The van der Waals surface area contributed by atoms with Gasteiger partial charge in [0.15, 0.2) is 11.5 Å². The van der Waals surface area contributed by atoms with Crippen LogP contribution in [0.5, 0.6) is 11.5 Å². The molecule has 2 aromatic carbocycles. The fourth-order valence-electron chi connectivity index (χ4n) is 8.36. The number of halogens is 1. The monoisotopic (exact) mass is 476 g/mol. The Labute approximate surface area is 203 Å². The summed E-state index contributed by atoms with van der Waals surface area (Å²) >= 11 is 0. The molecule has 3 fully saturated rings. The van der Waals surface area contributed by atoms with E-state index in [1.807, 2.05) is 6.07 Å². The number of amides is 1. The van der Waals surface area contributed by atoms with Gasteiger partial charge in [-0.1, -0.05) is 12.1 Å². The van der Waals surface area contributed by atoms with Crippen molar-refractivity contribution >= 4 is 5.91 Å². The lowest BCUT2D eigenvalue weighted by atomic mass is 9.48. The van der Waals surface area contributed by atoms with Crippen LogP contribution in [-0.2, 0) is 18.4 Å². The number of piperidine rings is 1. The summed E-state index contributed by atoms with van der Waals surface area (Å²) < 4.78 is 21.2. The number of fused-ring (bicyclic) bond motifs is 1. The molecule has 182 valence electrons. The molecule has 2 N–H and O–H groups in total. The molecular weight excluding hydrogens is 447 g/mol. The number of aliphatic hydroxyl groups is 1. The number of hydrogen-bond donors (Lipinski definition) is 2. The van der Waals surface area contributed by atoms with Crippen molar-refractivity contribution in [2.45, 2.75) is 74.3 Å². The fraction of sp³-hybridized carbons (Fsp3) is 0.536. The average Bonchev–Trinajstić information content (AvgIpc) is 3.49. The summed E-state index contributed by atoms with van der Waals surface area (Å²) in [6, 6.07) is 8.07. The molecule has 3 aliphatic heterocycles. The minimum atomic E-state index is -0.992. The fourth-order valence-corrected chi connectivity index (χ4v) is 8.36. The van der Waals surface area contributed by atoms with Crippen molar-refractivity contribution in [2.75, 3.05) is 13.1 Å². The van der Waals surface area contributed by atoms with Crippen molar-refractivity contribution in [2.24, 2.45) is 5.92 Å². The third-order valence-corrected chi connectivity index (χ3v) is 10.1. The molecule has 1 saturated heterocycles. The number of hydrogen-bond acceptors (Lipinski definition) is 5. The summed E-state index contributed by atoms with van der Waals surface area (Å²) in [6.07, 6.45) is 4.67. The highest BCUT2D eigenvalue weighted by Gasteiger charge is 2.73. The lowest BCUT2D eigenvalue weighted by molar-refractivity contribution is -0.198. The maximum atomic E-state index is 14.6. The van der Waals surface area contributed by atoms with Crippen LogP contribution in [0.3, 0.4) is 0 Å². The van der Waals surface area contributed by atoms with Crippen LogP contribution in [0.1, 0.15) is 59.2 Å². The van der Waals surface area contributed by atoms with Crippen LogP contribution in [0.4, 0.5) is 4.39 Å². The van der Waals surface area contributed by atoms with Crippen LogP contribution in [0.15, 0.2) is 30.3 Å². The SMILES string of the molecule is O=C1c2cccc(F)c2CN1C1CC[C@@]2(O)[C@H]3Cc4ccc(O)c5c4[C@@]2(CCN3CC2CC2)C1O5. The van der Waals surface area contributed by atoms with E-state index in [-0.39, 0.29) is 36.1 Å². The summed E-state index contributed by atoms with van der Waals surface area (Å²) in [5, 5.41) is 23.4. The van der Waals surface area contributed by atoms with Gasteiger partial charge in [0.2, 0.25) is 0 Å². The number of rotatable bonds is 3. The van der Waals surface area contributed by atoms with Gasteiger partial charge in [0.1, 0.15) is 11.9 Å². The van der Waals surface area contributed by atoms with Crippen molar-refractivity contribution < 1.29 is 24.1 Å². The highest BCUT2D eigenvalue weighted by Crippen LogP contribution is 2.66. The average molecular weight is 477 g/mol. The second kappa shape index (κ2) is 6.56. The van der Waals surface area contributed by atoms with E-state index in [0.29, 0.717) is 29.7 Å². The van der Waals surface area contributed by atoms with Crippen LogP contribution >= 0.6 is 0 Å². The zero-order valence-electron chi connectivity index (χ0n) is 19.5. The molecule has 35 heavy (non-hydrogen) atoms. The van der Waals surface area contributed by atoms with E-state index in [9.17, 15) is 19.4 Å². The quantitative estimate of drug-likeness (QED) is 0.712. The molecule has 8 rings (SSSR count). The van der Waals surface area contributed by atoms with E-state index in [4.69, 9.17) is 4.74 Å². The van der Waals surface area contributed by atoms with Gasteiger partial charge in [-0.3, -0.25) is 9.69 Å². The van der Waals surface area contributed by atoms with Crippen molar-refractivity contribution in [3.05, 3.63) is 58.4 Å². The third-order valence-electron chi connectivity index (χ3n) is 10.1. The standard InChI is InChI=1S/C28H29FN2O4/c29-19-3-1-2-17-18(19)14-31(26(17)33)20-8-9-28(34)22-12-16-6-7-21(32)24-23(16)27(28,25(20)35-24)10-11-30(22)13-15-4-5-15/h1-3,6-7,15,20,22,25,32,34H,4-5,8-14H2/t20?,22-,25?,27+,28-/m1/s1. The lowest BCUT2D eigenvalue weighted by Gasteiger charge is -2.64. The van der Waals surface area contributed by atoms with Gasteiger partial charge in [0.25, 0.3) is 5.91 Å². The largest absolute Gasteiger partial charge is 0.504 e. The van der Waals surface area contributed by atoms with Crippen LogP contribution in [-0.4, -0.2) is 62.8 Å². The van der Waals surface area contributed by atoms with Gasteiger partial charge in [-0.05, 0) is 74.8 Å². The number of carbonyl (C=O) groups excluding carboxylic acids is 1. The van der Waals surface area contributed by atoms with E-state index in [2.05, 4.69) is 4.90 Å². The van der Waals surface area contributed by atoms with Crippen molar-refractivity contribution in [3.63, 3.8) is 0 Å². The Bertz CT molecular complexity index is 1290. The van der Waals surface area contributed by atoms with E-state index in [0.717, 1.165) is 43.0 Å². The van der Waals surface area contributed by atoms with E-state index >= 15 is 0 Å². The van der Waals surface area contributed by atoms with Gasteiger partial charge in [-0.15, -0.1) is 0 Å². The van der Waals surface area contributed by atoms with Gasteiger partial charge < -0.3 is 19.8 Å². The van der Waals surface area contributed by atoms with E-state index in [1.165, 1.54) is 18.9 Å². The number of nitrogens with zero attached hydrogens (tertiary/aromatic N) is 2. The highest BCUT2D eigenvalue weighted by molar-refractivity contribution is 5.98. The molecule has 2 aromatic rings. The van der Waals surface area contributed by atoms with Crippen molar-refractivity contribution in [1.29, 1.82) is 0 Å². The Hall–Kier alpha value is -2.64. The van der Waals surface area contributed by atoms with Crippen molar-refractivity contribution in [3.8, 4) is 11.5 Å². The third kappa shape index (κ3) is 2.39. The minimum absolute atomic E-state index is 0.00388. The summed E-state index contributed by atoms with van der Waals surface area (Å²) in [5.41, 5.74) is 1.27. The Balaban J connectivity index is 1.26. The molecular formula is C28H29FN2O4. The molecule has 2 saturated carbocycles. The van der Waals surface area contributed by atoms with Gasteiger partial charge in [0.05, 0.1) is 23.6 Å². The first-order valence-corrected chi connectivity index (χ1v) is 13.0. The molecule has 2 unspecified atom stereocenters. The summed E-state index contributed by atoms with van der Waals surface area (Å²) in [5.74, 6) is 0.767. The zero-order valence-corrected chi connectivity index (χ0v) is 19.5. The van der Waals surface area contributed by atoms with Crippen LogP contribution in [0.2, 0.25) is 0 Å². The highest BCUT2D eigenvalue weighted by atomic mass is 19.1. The maximum absolute atomic E-state index is 14.6. The molecule has 5 atom stereocenters. The second-order valence-corrected chi connectivity index (χ2v) is 11.6. The molecule has 6 aliphatic rings. The number of benzene rings is 2. The normalized spacial score (nSPS) is 36.7. The molecule has 2 bridgehead atoms. The topological polar surface area (TPSA) is 73.2 Å². The molecule has 0 aromatic heterocycles. The van der Waals surface area contributed by atoms with Crippen LogP contribution in [0.25, 0.3) is 0 Å². The van der Waals surface area contributed by atoms with Gasteiger partial charge in [-0.25, -0.2) is 4.39 Å². The molecule has 6 nitrogen and oxygen atoms in total. The van der Waals surface area contributed by atoms with Crippen LogP contribution in [0, 0.1) is 11.7 Å². The molecule has 3 heterocycles. The van der Waals surface area contributed by atoms with Gasteiger partial charge in [-0.2, -0.15) is 0 Å². The molecule has 7 heteroatoms. The number of phenolic OH excluding ortho intramolecular Hbond substituents is 1. The summed E-state index contributed by atoms with van der Waals surface area (Å²) in [7, 11) is 0.